The SMILES string of the molecule is CNC(c1cccnc1)C1CCC2CCCCC2C1. The molecule has 0 aliphatic heterocycles. The van der Waals surface area contributed by atoms with Gasteiger partial charge >= 0.3 is 0 Å². The van der Waals surface area contributed by atoms with Gasteiger partial charge in [0, 0.05) is 18.4 Å². The van der Waals surface area contributed by atoms with E-state index in [4.69, 9.17) is 0 Å². The Morgan fingerprint density at radius 3 is 2.74 bits per heavy atom. The average Bonchev–Trinajstić information content (AvgIpc) is 2.49. The third kappa shape index (κ3) is 2.84. The lowest BCUT2D eigenvalue weighted by molar-refractivity contribution is 0.111. The molecule has 0 saturated heterocycles. The summed E-state index contributed by atoms with van der Waals surface area (Å²) in [6, 6.07) is 4.78. The van der Waals surface area contributed by atoms with Gasteiger partial charge in [0.05, 0.1) is 0 Å². The number of fused-ring (bicyclic) bond motifs is 1. The standard InChI is InChI=1S/C17H26N2/c1-18-17(16-7-4-10-19-12-16)15-9-8-13-5-2-3-6-14(13)11-15/h4,7,10,12-15,17-18H,2-3,5-6,8-9,11H2,1H3. The van der Waals surface area contributed by atoms with Crippen molar-refractivity contribution in [2.24, 2.45) is 17.8 Å². The van der Waals surface area contributed by atoms with Crippen molar-refractivity contribution in [2.45, 2.75) is 51.0 Å². The minimum absolute atomic E-state index is 0.497. The van der Waals surface area contributed by atoms with Gasteiger partial charge in [-0.3, -0.25) is 4.98 Å². The van der Waals surface area contributed by atoms with Gasteiger partial charge in [-0.1, -0.05) is 31.7 Å². The first-order valence-corrected chi connectivity index (χ1v) is 7.95. The normalized spacial score (nSPS) is 32.6. The van der Waals surface area contributed by atoms with Crippen LogP contribution in [0.25, 0.3) is 0 Å². The van der Waals surface area contributed by atoms with E-state index in [2.05, 4.69) is 29.5 Å². The fourth-order valence-corrected chi connectivity index (χ4v) is 4.45. The maximum absolute atomic E-state index is 4.29. The van der Waals surface area contributed by atoms with Gasteiger partial charge in [-0.05, 0) is 55.7 Å². The number of pyridine rings is 1. The number of rotatable bonds is 3. The smallest absolute Gasteiger partial charge is 0.0361 e. The molecular weight excluding hydrogens is 232 g/mol. The molecule has 4 unspecified atom stereocenters. The van der Waals surface area contributed by atoms with E-state index >= 15 is 0 Å². The van der Waals surface area contributed by atoms with Crippen LogP contribution in [0.5, 0.6) is 0 Å². The Hall–Kier alpha value is -0.890. The van der Waals surface area contributed by atoms with Crippen LogP contribution in [0.15, 0.2) is 24.5 Å². The lowest BCUT2D eigenvalue weighted by atomic mass is 9.65. The summed E-state index contributed by atoms with van der Waals surface area (Å²) in [5, 5.41) is 3.54. The van der Waals surface area contributed by atoms with Crippen LogP contribution in [0.1, 0.15) is 56.6 Å². The highest BCUT2D eigenvalue weighted by Gasteiger charge is 2.35. The van der Waals surface area contributed by atoms with Crippen LogP contribution in [0, 0.1) is 17.8 Å². The zero-order valence-electron chi connectivity index (χ0n) is 12.0. The van der Waals surface area contributed by atoms with Crippen molar-refractivity contribution >= 4 is 0 Å². The monoisotopic (exact) mass is 258 g/mol. The molecule has 2 heteroatoms. The Bertz CT molecular complexity index is 390. The first kappa shape index (κ1) is 13.1. The molecule has 0 amide bonds. The molecule has 19 heavy (non-hydrogen) atoms. The molecule has 4 atom stereocenters. The van der Waals surface area contributed by atoms with Crippen LogP contribution >= 0.6 is 0 Å². The predicted octanol–water partition coefficient (Wildman–Crippen LogP) is 3.95. The van der Waals surface area contributed by atoms with Crippen molar-refractivity contribution in [3.63, 3.8) is 0 Å². The number of nitrogens with one attached hydrogen (secondary N) is 1. The van der Waals surface area contributed by atoms with Crippen molar-refractivity contribution < 1.29 is 0 Å². The molecule has 1 N–H and O–H groups in total. The molecule has 2 fully saturated rings. The molecule has 0 spiro atoms. The van der Waals surface area contributed by atoms with E-state index in [0.29, 0.717) is 6.04 Å². The van der Waals surface area contributed by atoms with Gasteiger partial charge < -0.3 is 5.32 Å². The summed E-state index contributed by atoms with van der Waals surface area (Å²) in [5.41, 5.74) is 1.37. The Kier molecular flexibility index (Phi) is 4.17. The van der Waals surface area contributed by atoms with Gasteiger partial charge in [-0.2, -0.15) is 0 Å². The van der Waals surface area contributed by atoms with E-state index < -0.39 is 0 Å². The zero-order chi connectivity index (χ0) is 13.1. The second-order valence-electron chi connectivity index (χ2n) is 6.43. The highest BCUT2D eigenvalue weighted by atomic mass is 14.9. The number of nitrogens with zero attached hydrogens (tertiary/aromatic N) is 1. The molecule has 1 aromatic heterocycles. The fourth-order valence-electron chi connectivity index (χ4n) is 4.45. The third-order valence-electron chi connectivity index (χ3n) is 5.41. The van der Waals surface area contributed by atoms with Crippen molar-refractivity contribution in [2.75, 3.05) is 7.05 Å². The van der Waals surface area contributed by atoms with E-state index in [1.807, 2.05) is 12.4 Å². The van der Waals surface area contributed by atoms with Crippen molar-refractivity contribution in [3.8, 4) is 0 Å². The van der Waals surface area contributed by atoms with E-state index in [0.717, 1.165) is 17.8 Å². The van der Waals surface area contributed by atoms with Crippen molar-refractivity contribution in [1.29, 1.82) is 0 Å². The quantitative estimate of drug-likeness (QED) is 0.888. The molecule has 0 radical (unpaired) electrons. The minimum atomic E-state index is 0.497. The molecule has 3 rings (SSSR count). The van der Waals surface area contributed by atoms with Crippen LogP contribution in [0.4, 0.5) is 0 Å². The fraction of sp³-hybridized carbons (Fsp3) is 0.706. The lowest BCUT2D eigenvalue weighted by Crippen LogP contribution is -2.34. The van der Waals surface area contributed by atoms with E-state index in [1.165, 1.54) is 50.5 Å². The zero-order valence-corrected chi connectivity index (χ0v) is 12.0. The van der Waals surface area contributed by atoms with Crippen LogP contribution < -0.4 is 5.32 Å². The van der Waals surface area contributed by atoms with Gasteiger partial charge in [-0.25, -0.2) is 0 Å². The molecule has 1 aromatic rings. The van der Waals surface area contributed by atoms with E-state index in [-0.39, 0.29) is 0 Å². The van der Waals surface area contributed by atoms with E-state index in [1.54, 1.807) is 0 Å². The maximum atomic E-state index is 4.29. The summed E-state index contributed by atoms with van der Waals surface area (Å²) in [7, 11) is 2.10. The molecule has 0 aromatic carbocycles. The molecule has 2 aliphatic carbocycles. The Balaban J connectivity index is 1.70. The number of aromatic nitrogens is 1. The van der Waals surface area contributed by atoms with Crippen LogP contribution in [-0.4, -0.2) is 12.0 Å². The molecule has 104 valence electrons. The topological polar surface area (TPSA) is 24.9 Å². The largest absolute Gasteiger partial charge is 0.313 e. The second-order valence-corrected chi connectivity index (χ2v) is 6.43. The first-order valence-electron chi connectivity index (χ1n) is 7.95. The highest BCUT2D eigenvalue weighted by Crippen LogP contribution is 2.45. The minimum Gasteiger partial charge on any atom is -0.313 e. The third-order valence-corrected chi connectivity index (χ3v) is 5.41. The molecule has 1 heterocycles. The molecule has 0 bridgehead atoms. The summed E-state index contributed by atoms with van der Waals surface area (Å²) < 4.78 is 0. The van der Waals surface area contributed by atoms with Gasteiger partial charge in [0.1, 0.15) is 0 Å². The van der Waals surface area contributed by atoms with Crippen LogP contribution in [0.3, 0.4) is 0 Å². The predicted molar refractivity (Wildman–Crippen MR) is 78.8 cm³/mol. The summed E-state index contributed by atoms with van der Waals surface area (Å²) in [4.78, 5) is 4.29. The Morgan fingerprint density at radius 2 is 2.00 bits per heavy atom. The molecule has 2 aliphatic rings. The summed E-state index contributed by atoms with van der Waals surface area (Å²) in [6.07, 6.45) is 14.1. The van der Waals surface area contributed by atoms with Gasteiger partial charge in [0.25, 0.3) is 0 Å². The molecule has 2 nitrogen and oxygen atoms in total. The lowest BCUT2D eigenvalue weighted by Gasteiger charge is -2.42. The summed E-state index contributed by atoms with van der Waals surface area (Å²) in [6.45, 7) is 0. The van der Waals surface area contributed by atoms with Crippen molar-refractivity contribution in [3.05, 3.63) is 30.1 Å². The Morgan fingerprint density at radius 1 is 1.16 bits per heavy atom. The highest BCUT2D eigenvalue weighted by molar-refractivity contribution is 5.15. The van der Waals surface area contributed by atoms with E-state index in [9.17, 15) is 0 Å². The molecular formula is C17H26N2. The summed E-state index contributed by atoms with van der Waals surface area (Å²) >= 11 is 0. The van der Waals surface area contributed by atoms with Gasteiger partial charge in [0.2, 0.25) is 0 Å². The van der Waals surface area contributed by atoms with Crippen molar-refractivity contribution in [1.82, 2.24) is 10.3 Å². The first-order chi connectivity index (χ1) is 9.38. The van der Waals surface area contributed by atoms with Crippen LogP contribution in [-0.2, 0) is 0 Å². The van der Waals surface area contributed by atoms with Gasteiger partial charge in [-0.15, -0.1) is 0 Å². The number of hydrogen-bond acceptors (Lipinski definition) is 2. The summed E-state index contributed by atoms with van der Waals surface area (Å²) in [5.74, 6) is 2.84. The Labute approximate surface area is 117 Å². The maximum Gasteiger partial charge on any atom is 0.0361 e. The molecule has 2 saturated carbocycles. The average molecular weight is 258 g/mol. The second kappa shape index (κ2) is 6.04. The van der Waals surface area contributed by atoms with Gasteiger partial charge in [0.15, 0.2) is 0 Å². The van der Waals surface area contributed by atoms with Crippen LogP contribution in [0.2, 0.25) is 0 Å². The number of hydrogen-bond donors (Lipinski definition) is 1.